The summed E-state index contributed by atoms with van der Waals surface area (Å²) < 4.78 is 113. The summed E-state index contributed by atoms with van der Waals surface area (Å²) in [4.78, 5) is 30.4. The average molecular weight is 905 g/mol. The predicted octanol–water partition coefficient (Wildman–Crippen LogP) is 10.3. The van der Waals surface area contributed by atoms with E-state index in [9.17, 15) is 35.9 Å². The molecule has 2 aliphatic rings. The van der Waals surface area contributed by atoms with Crippen LogP contribution in [0.3, 0.4) is 0 Å². The Morgan fingerprint density at radius 1 is 0.815 bits per heavy atom. The average Bonchev–Trinajstić information content (AvgIpc) is 3.96. The molecule has 17 heteroatoms. The molecule has 0 amide bonds. The van der Waals surface area contributed by atoms with Crippen LogP contribution in [0.2, 0.25) is 0 Å². The Morgan fingerprint density at radius 2 is 1.51 bits per heavy atom. The lowest BCUT2D eigenvalue weighted by molar-refractivity contribution is -0.143. The van der Waals surface area contributed by atoms with Gasteiger partial charge in [-0.15, -0.1) is 0 Å². The van der Waals surface area contributed by atoms with Gasteiger partial charge in [-0.3, -0.25) is 9.80 Å². The van der Waals surface area contributed by atoms with Crippen molar-refractivity contribution >= 4 is 23.0 Å². The number of hydrogen-bond acceptors (Lipinski definition) is 8. The van der Waals surface area contributed by atoms with Crippen LogP contribution in [0, 0.1) is 5.82 Å². The number of hydrogen-bond donors (Lipinski definition) is 1. The Bertz CT molecular complexity index is 2730. The molecule has 0 bridgehead atoms. The maximum Gasteiger partial charge on any atom is 0.421 e. The lowest BCUT2D eigenvalue weighted by Crippen LogP contribution is -2.42. The van der Waals surface area contributed by atoms with Crippen LogP contribution in [-0.2, 0) is 59.8 Å². The summed E-state index contributed by atoms with van der Waals surface area (Å²) in [5.74, 6) is -1.48. The fraction of sp³-hybridized carbons (Fsp3) is 0.354. The zero-order chi connectivity index (χ0) is 46.4. The highest BCUT2D eigenvalue weighted by atomic mass is 19.4. The monoisotopic (exact) mass is 904 g/mol. The third kappa shape index (κ3) is 8.88. The van der Waals surface area contributed by atoms with E-state index in [-0.39, 0.29) is 41.2 Å². The topological polar surface area (TPSA) is 93.9 Å². The summed E-state index contributed by atoms with van der Waals surface area (Å²) in [7, 11) is 0. The molecule has 0 atom stereocenters. The highest BCUT2D eigenvalue weighted by Gasteiger charge is 2.45. The summed E-state index contributed by atoms with van der Waals surface area (Å²) >= 11 is 0. The van der Waals surface area contributed by atoms with Gasteiger partial charge in [0.1, 0.15) is 5.82 Å². The highest BCUT2D eigenvalue weighted by Crippen LogP contribution is 2.48. The first-order valence-electron chi connectivity index (χ1n) is 21.3. The van der Waals surface area contributed by atoms with Gasteiger partial charge >= 0.3 is 24.4 Å². The maximum atomic E-state index is 16.0. The Balaban J connectivity index is 1.12. The lowest BCUT2D eigenvalue weighted by Gasteiger charge is -2.33. The highest BCUT2D eigenvalue weighted by molar-refractivity contribution is 6.00. The summed E-state index contributed by atoms with van der Waals surface area (Å²) in [5.41, 5.74) is 1.69. The van der Waals surface area contributed by atoms with E-state index in [1.165, 1.54) is 18.3 Å². The van der Waals surface area contributed by atoms with Gasteiger partial charge in [0.2, 0.25) is 6.79 Å². The molecule has 342 valence electrons. The van der Waals surface area contributed by atoms with Crippen LogP contribution in [-0.4, -0.2) is 69.2 Å². The number of ether oxygens (including phenoxy) is 2. The second-order valence-electron chi connectivity index (χ2n) is 16.7. The Morgan fingerprint density at radius 3 is 2.15 bits per heavy atom. The van der Waals surface area contributed by atoms with Crippen LogP contribution >= 0.6 is 0 Å². The first-order valence-corrected chi connectivity index (χ1v) is 21.3. The number of alkyl halides is 6. The van der Waals surface area contributed by atoms with Crippen LogP contribution in [0.5, 0.6) is 0 Å². The van der Waals surface area contributed by atoms with Gasteiger partial charge in [0.25, 0.3) is 0 Å². The fourth-order valence-corrected chi connectivity index (χ4v) is 8.91. The van der Waals surface area contributed by atoms with Gasteiger partial charge in [0, 0.05) is 68.5 Å². The van der Waals surface area contributed by atoms with E-state index in [1.807, 2.05) is 44.2 Å². The molecule has 0 radical (unpaired) electrons. The summed E-state index contributed by atoms with van der Waals surface area (Å²) in [6.45, 7) is 10.9. The van der Waals surface area contributed by atoms with Gasteiger partial charge in [-0.25, -0.2) is 23.2 Å². The molecule has 2 aromatic heterocycles. The second kappa shape index (κ2) is 17.7. The minimum Gasteiger partial charge on any atom is -0.424 e. The van der Waals surface area contributed by atoms with E-state index >= 15 is 4.39 Å². The largest absolute Gasteiger partial charge is 0.424 e. The molecule has 1 N–H and O–H groups in total. The number of benzene rings is 4. The third-order valence-corrected chi connectivity index (χ3v) is 12.4. The zero-order valence-electron chi connectivity index (χ0n) is 36.2. The van der Waals surface area contributed by atoms with E-state index in [4.69, 9.17) is 14.6 Å². The van der Waals surface area contributed by atoms with E-state index < -0.39 is 53.7 Å². The molecule has 6 aromatic rings. The van der Waals surface area contributed by atoms with Crippen molar-refractivity contribution in [1.29, 1.82) is 0 Å². The molecule has 10 nitrogen and oxygen atoms in total. The van der Waals surface area contributed by atoms with Crippen molar-refractivity contribution in [3.63, 3.8) is 0 Å². The van der Waals surface area contributed by atoms with E-state index in [1.54, 1.807) is 41.6 Å². The molecule has 4 aromatic carbocycles. The van der Waals surface area contributed by atoms with E-state index in [0.717, 1.165) is 65.7 Å². The number of aromatic nitrogens is 3. The van der Waals surface area contributed by atoms with Gasteiger partial charge in [-0.05, 0) is 91.4 Å². The van der Waals surface area contributed by atoms with Crippen molar-refractivity contribution in [2.45, 2.75) is 78.1 Å². The number of carbonyl (C=O) groups excluding carboxylic acids is 2. The first-order chi connectivity index (χ1) is 30.9. The molecular formula is C48H47F7N6O4. The normalized spacial score (nSPS) is 15.7. The van der Waals surface area contributed by atoms with Gasteiger partial charge in [0.05, 0.1) is 44.8 Å². The lowest BCUT2D eigenvalue weighted by atomic mass is 9.96. The zero-order valence-corrected chi connectivity index (χ0v) is 36.2. The summed E-state index contributed by atoms with van der Waals surface area (Å²) in [6.07, 6.45) is -8.51. The quantitative estimate of drug-likeness (QED) is 0.0781. The Labute approximate surface area is 370 Å². The first kappa shape index (κ1) is 45.5. The van der Waals surface area contributed by atoms with Crippen molar-refractivity contribution in [2.24, 2.45) is 0 Å². The molecule has 1 fully saturated rings. The van der Waals surface area contributed by atoms with Crippen molar-refractivity contribution in [3.05, 3.63) is 141 Å². The molecule has 0 aliphatic carbocycles. The molecule has 4 heterocycles. The number of fused-ring (bicyclic) bond motifs is 2. The summed E-state index contributed by atoms with van der Waals surface area (Å²) in [6, 6.07) is 18.7. The van der Waals surface area contributed by atoms with Crippen molar-refractivity contribution in [1.82, 2.24) is 29.5 Å². The molecule has 0 spiro atoms. The SMILES string of the molecule is CCc1cccc(CC)c1-n1nc2c(c1-c1ccc(F)c3c1ccn3C(=O)OCOC(=O)c1ccc(CN3CCNCC3)cc1)CN(Cc1ccc(C(F)(F)F)cc1C(F)(F)F)C2(C)C. The van der Waals surface area contributed by atoms with Crippen LogP contribution in [0.1, 0.15) is 82.7 Å². The van der Waals surface area contributed by atoms with Crippen LogP contribution in [0.25, 0.3) is 27.8 Å². The van der Waals surface area contributed by atoms with Gasteiger partial charge in [0.15, 0.2) is 0 Å². The Kier molecular flexibility index (Phi) is 12.4. The number of aryl methyl sites for hydroxylation is 2. The number of nitrogens with one attached hydrogen (secondary N) is 1. The minimum absolute atomic E-state index is 0.0254. The standard InChI is InChI=1S/C48H47F7N6O4/c1-5-30-8-7-9-31(6-2)40(30)61-41(37-27-59(46(3,4)43(37)57-61)26-33-14-15-34(47(50,51)52)24-38(33)48(53,54)55)35-16-17-39(49)42-36(35)18-21-60(42)45(63)65-28-64-44(62)32-12-10-29(11-13-32)25-58-22-19-56-20-23-58/h7-18,21,24,56H,5-6,19-20,22-23,25-28H2,1-4H3. The van der Waals surface area contributed by atoms with Crippen LogP contribution in [0.15, 0.2) is 85.1 Å². The Hall–Kier alpha value is -6.04. The smallest absolute Gasteiger partial charge is 0.421 e. The molecule has 65 heavy (non-hydrogen) atoms. The number of halogens is 7. The molecule has 0 saturated carbocycles. The second-order valence-corrected chi connectivity index (χ2v) is 16.7. The van der Waals surface area contributed by atoms with Gasteiger partial charge in [-0.1, -0.05) is 50.2 Å². The van der Waals surface area contributed by atoms with Crippen molar-refractivity contribution in [3.8, 4) is 16.9 Å². The third-order valence-electron chi connectivity index (χ3n) is 12.4. The van der Waals surface area contributed by atoms with Crippen LogP contribution < -0.4 is 5.32 Å². The van der Waals surface area contributed by atoms with Crippen LogP contribution in [0.4, 0.5) is 35.5 Å². The predicted molar refractivity (Wildman–Crippen MR) is 229 cm³/mol. The van der Waals surface area contributed by atoms with E-state index in [0.29, 0.717) is 41.4 Å². The number of para-hydroxylation sites is 1. The number of piperazine rings is 1. The maximum absolute atomic E-state index is 16.0. The molecule has 8 rings (SSSR count). The summed E-state index contributed by atoms with van der Waals surface area (Å²) in [5, 5.41) is 8.76. The van der Waals surface area contributed by atoms with Gasteiger partial charge in [-0.2, -0.15) is 31.4 Å². The number of nitrogens with zero attached hydrogens (tertiary/aromatic N) is 5. The molecular weight excluding hydrogens is 858 g/mol. The van der Waals surface area contributed by atoms with Crippen molar-refractivity contribution < 1.29 is 49.8 Å². The molecule has 0 unspecified atom stereocenters. The minimum atomic E-state index is -5.07. The van der Waals surface area contributed by atoms with E-state index in [2.05, 4.69) is 10.2 Å². The number of carbonyl (C=O) groups is 2. The fourth-order valence-electron chi connectivity index (χ4n) is 8.91. The number of rotatable bonds is 11. The molecule has 1 saturated heterocycles. The van der Waals surface area contributed by atoms with Gasteiger partial charge < -0.3 is 14.8 Å². The molecule has 2 aliphatic heterocycles. The number of esters is 1. The van der Waals surface area contributed by atoms with Crippen molar-refractivity contribution in [2.75, 3.05) is 33.0 Å².